The predicted molar refractivity (Wildman–Crippen MR) is 83.8 cm³/mol. The molecule has 1 aromatic carbocycles. The summed E-state index contributed by atoms with van der Waals surface area (Å²) in [6.07, 6.45) is 3.46. The van der Waals surface area contributed by atoms with Gasteiger partial charge in [0.15, 0.2) is 0 Å². The molecular formula is C15H17FN6. The van der Waals surface area contributed by atoms with Gasteiger partial charge in [-0.2, -0.15) is 5.10 Å². The van der Waals surface area contributed by atoms with Gasteiger partial charge in [-0.15, -0.1) is 0 Å². The molecule has 0 spiro atoms. The third-order valence-corrected chi connectivity index (χ3v) is 3.45. The molecule has 0 radical (unpaired) electrons. The van der Waals surface area contributed by atoms with E-state index in [1.165, 1.54) is 12.1 Å². The van der Waals surface area contributed by atoms with E-state index >= 15 is 0 Å². The second-order valence-electron chi connectivity index (χ2n) is 5.10. The minimum Gasteiger partial charge on any atom is -0.399 e. The number of halogens is 1. The average Bonchev–Trinajstić information content (AvgIpc) is 2.92. The molecule has 1 atom stereocenters. The van der Waals surface area contributed by atoms with Crippen LogP contribution in [0.25, 0.3) is 11.2 Å². The molecule has 6 nitrogen and oxygen atoms in total. The van der Waals surface area contributed by atoms with Crippen molar-refractivity contribution in [3.05, 3.63) is 42.0 Å². The molecular weight excluding hydrogens is 283 g/mol. The summed E-state index contributed by atoms with van der Waals surface area (Å²) in [5.41, 5.74) is 8.02. The Morgan fingerprint density at radius 2 is 2.23 bits per heavy atom. The maximum Gasteiger partial charge on any atom is 0.201 e. The molecule has 0 aliphatic heterocycles. The predicted octanol–water partition coefficient (Wildman–Crippen LogP) is 2.74. The minimum absolute atomic E-state index is 0.288. The summed E-state index contributed by atoms with van der Waals surface area (Å²) in [5.74, 6) is 0.238. The largest absolute Gasteiger partial charge is 0.399 e. The highest BCUT2D eigenvalue weighted by Gasteiger charge is 2.13. The Kier molecular flexibility index (Phi) is 3.62. The van der Waals surface area contributed by atoms with Crippen molar-refractivity contribution in [3.8, 4) is 0 Å². The quantitative estimate of drug-likeness (QED) is 0.724. The fraction of sp³-hybridized carbons (Fsp3) is 0.267. The van der Waals surface area contributed by atoms with Crippen molar-refractivity contribution in [2.75, 3.05) is 11.1 Å². The van der Waals surface area contributed by atoms with Crippen LogP contribution < -0.4 is 11.1 Å². The molecule has 0 unspecified atom stereocenters. The summed E-state index contributed by atoms with van der Waals surface area (Å²) in [4.78, 5) is 8.71. The highest BCUT2D eigenvalue weighted by Crippen LogP contribution is 2.23. The SMILES string of the molecule is CCn1cc2ncc(N[C@@H](C)c3cc(N)ccc3F)nc2n1. The van der Waals surface area contributed by atoms with Gasteiger partial charge >= 0.3 is 0 Å². The molecule has 2 aromatic heterocycles. The minimum atomic E-state index is -0.307. The number of rotatable bonds is 4. The Labute approximate surface area is 127 Å². The summed E-state index contributed by atoms with van der Waals surface area (Å²) >= 11 is 0. The molecule has 3 rings (SSSR count). The van der Waals surface area contributed by atoms with Crippen LogP contribution in [0.2, 0.25) is 0 Å². The van der Waals surface area contributed by atoms with Crippen molar-refractivity contribution >= 4 is 22.7 Å². The third kappa shape index (κ3) is 2.69. The third-order valence-electron chi connectivity index (χ3n) is 3.45. The van der Waals surface area contributed by atoms with Crippen molar-refractivity contribution in [1.29, 1.82) is 0 Å². The Morgan fingerprint density at radius 3 is 3.00 bits per heavy atom. The lowest BCUT2D eigenvalue weighted by Crippen LogP contribution is -2.10. The molecule has 7 heteroatoms. The van der Waals surface area contributed by atoms with Crippen molar-refractivity contribution in [2.45, 2.75) is 26.4 Å². The van der Waals surface area contributed by atoms with Gasteiger partial charge in [0.2, 0.25) is 5.65 Å². The molecule has 0 aliphatic rings. The van der Waals surface area contributed by atoms with E-state index in [-0.39, 0.29) is 11.9 Å². The van der Waals surface area contributed by atoms with Gasteiger partial charge in [-0.1, -0.05) is 0 Å². The van der Waals surface area contributed by atoms with Gasteiger partial charge in [0.25, 0.3) is 0 Å². The fourth-order valence-corrected chi connectivity index (χ4v) is 2.27. The lowest BCUT2D eigenvalue weighted by atomic mass is 10.1. The molecule has 0 amide bonds. The van der Waals surface area contributed by atoms with Gasteiger partial charge in [-0.3, -0.25) is 4.68 Å². The standard InChI is InChI=1S/C15H17FN6/c1-3-22-8-13-15(21-22)20-14(7-18-13)19-9(2)11-6-10(17)4-5-12(11)16/h4-9H,3,17H2,1-2H3,(H,19,20,21)/t9-/m0/s1. The van der Waals surface area contributed by atoms with Crippen LogP contribution in [0.15, 0.2) is 30.6 Å². The van der Waals surface area contributed by atoms with Gasteiger partial charge < -0.3 is 11.1 Å². The number of nitrogens with two attached hydrogens (primary N) is 1. The van der Waals surface area contributed by atoms with E-state index in [0.717, 1.165) is 12.1 Å². The Morgan fingerprint density at radius 1 is 1.41 bits per heavy atom. The van der Waals surface area contributed by atoms with E-state index in [0.29, 0.717) is 22.7 Å². The smallest absolute Gasteiger partial charge is 0.201 e. The van der Waals surface area contributed by atoms with Crippen molar-refractivity contribution < 1.29 is 4.39 Å². The van der Waals surface area contributed by atoms with Crippen LogP contribution in [0.1, 0.15) is 25.5 Å². The Hall–Kier alpha value is -2.70. The molecule has 0 aliphatic carbocycles. The van der Waals surface area contributed by atoms with E-state index in [1.807, 2.05) is 20.0 Å². The maximum atomic E-state index is 13.9. The van der Waals surface area contributed by atoms with Crippen LogP contribution in [0.4, 0.5) is 15.9 Å². The second kappa shape index (κ2) is 5.59. The van der Waals surface area contributed by atoms with E-state index in [9.17, 15) is 4.39 Å². The molecule has 2 heterocycles. The summed E-state index contributed by atoms with van der Waals surface area (Å²) < 4.78 is 15.7. The number of hydrogen-bond donors (Lipinski definition) is 2. The number of benzene rings is 1. The van der Waals surface area contributed by atoms with Gasteiger partial charge in [-0.25, -0.2) is 14.4 Å². The Bertz CT molecular complexity index is 813. The van der Waals surface area contributed by atoms with Gasteiger partial charge in [0, 0.05) is 17.8 Å². The summed E-state index contributed by atoms with van der Waals surface area (Å²) in [7, 11) is 0. The van der Waals surface area contributed by atoms with Crippen molar-refractivity contribution in [3.63, 3.8) is 0 Å². The normalized spacial score (nSPS) is 12.5. The van der Waals surface area contributed by atoms with Crippen LogP contribution in [0.5, 0.6) is 0 Å². The van der Waals surface area contributed by atoms with Crippen LogP contribution in [0.3, 0.4) is 0 Å². The zero-order chi connectivity index (χ0) is 15.7. The van der Waals surface area contributed by atoms with Gasteiger partial charge in [-0.05, 0) is 32.0 Å². The lowest BCUT2D eigenvalue weighted by Gasteiger charge is -2.15. The van der Waals surface area contributed by atoms with Gasteiger partial charge in [0.05, 0.1) is 18.4 Å². The van der Waals surface area contributed by atoms with Gasteiger partial charge in [0.1, 0.15) is 17.2 Å². The van der Waals surface area contributed by atoms with E-state index in [1.54, 1.807) is 16.9 Å². The molecule has 3 N–H and O–H groups in total. The van der Waals surface area contributed by atoms with E-state index < -0.39 is 0 Å². The van der Waals surface area contributed by atoms with E-state index in [4.69, 9.17) is 5.73 Å². The summed E-state index contributed by atoms with van der Waals surface area (Å²) in [5, 5.41) is 7.44. The summed E-state index contributed by atoms with van der Waals surface area (Å²) in [6.45, 7) is 4.59. The summed E-state index contributed by atoms with van der Waals surface area (Å²) in [6, 6.07) is 4.23. The Balaban J connectivity index is 1.87. The van der Waals surface area contributed by atoms with Crippen LogP contribution in [-0.4, -0.2) is 19.7 Å². The van der Waals surface area contributed by atoms with Crippen molar-refractivity contribution in [1.82, 2.24) is 19.7 Å². The van der Waals surface area contributed by atoms with Crippen LogP contribution >= 0.6 is 0 Å². The average molecular weight is 300 g/mol. The number of anilines is 2. The highest BCUT2D eigenvalue weighted by molar-refractivity contribution is 5.70. The number of fused-ring (bicyclic) bond motifs is 1. The molecule has 114 valence electrons. The maximum absolute atomic E-state index is 13.9. The zero-order valence-electron chi connectivity index (χ0n) is 12.4. The lowest BCUT2D eigenvalue weighted by molar-refractivity contribution is 0.600. The van der Waals surface area contributed by atoms with Crippen molar-refractivity contribution in [2.24, 2.45) is 0 Å². The van der Waals surface area contributed by atoms with Crippen LogP contribution in [-0.2, 0) is 6.54 Å². The van der Waals surface area contributed by atoms with Crippen LogP contribution in [0, 0.1) is 5.82 Å². The highest BCUT2D eigenvalue weighted by atomic mass is 19.1. The number of nitrogens with zero attached hydrogens (tertiary/aromatic N) is 4. The number of aryl methyl sites for hydroxylation is 1. The first-order valence-corrected chi connectivity index (χ1v) is 7.08. The first kappa shape index (κ1) is 14.2. The molecule has 0 saturated carbocycles. The topological polar surface area (TPSA) is 81.7 Å². The number of nitrogens with one attached hydrogen (secondary N) is 1. The molecule has 3 aromatic rings. The molecule has 0 saturated heterocycles. The monoisotopic (exact) mass is 300 g/mol. The second-order valence-corrected chi connectivity index (χ2v) is 5.10. The van der Waals surface area contributed by atoms with E-state index in [2.05, 4.69) is 20.4 Å². The zero-order valence-corrected chi connectivity index (χ0v) is 12.4. The first-order chi connectivity index (χ1) is 10.6. The number of hydrogen-bond acceptors (Lipinski definition) is 5. The molecule has 22 heavy (non-hydrogen) atoms. The molecule has 0 bridgehead atoms. The molecule has 0 fully saturated rings. The first-order valence-electron chi connectivity index (χ1n) is 7.08. The number of aromatic nitrogens is 4. The number of nitrogen functional groups attached to an aromatic ring is 1. The fourth-order valence-electron chi connectivity index (χ4n) is 2.27.